The molecule has 1 aromatic rings. The molecule has 0 saturated carbocycles. The van der Waals surface area contributed by atoms with E-state index in [0.717, 1.165) is 6.07 Å². The Bertz CT molecular complexity index is 258. The van der Waals surface area contributed by atoms with Gasteiger partial charge < -0.3 is 4.52 Å². The quantitative estimate of drug-likeness (QED) is 0.747. The minimum absolute atomic E-state index is 0.305. The Kier molecular flexibility index (Phi) is 2.76. The van der Waals surface area contributed by atoms with E-state index in [9.17, 15) is 13.2 Å². The standard InChI is InChI=1S/C6H5BrF3NO/c7-2-1-4-3-5(12-11-4)6(8,9)10/h3H,1-2H2. The van der Waals surface area contributed by atoms with Gasteiger partial charge in [-0.05, 0) is 0 Å². The van der Waals surface area contributed by atoms with E-state index < -0.39 is 11.9 Å². The molecule has 0 N–H and O–H groups in total. The maximum absolute atomic E-state index is 11.9. The summed E-state index contributed by atoms with van der Waals surface area (Å²) < 4.78 is 39.8. The van der Waals surface area contributed by atoms with Crippen LogP contribution in [0.3, 0.4) is 0 Å². The Morgan fingerprint density at radius 1 is 1.50 bits per heavy atom. The lowest BCUT2D eigenvalue weighted by molar-refractivity contribution is -0.155. The van der Waals surface area contributed by atoms with Crippen molar-refractivity contribution in [2.45, 2.75) is 12.6 Å². The molecular formula is C6H5BrF3NO. The third-order valence-corrected chi connectivity index (χ3v) is 1.59. The van der Waals surface area contributed by atoms with Crippen molar-refractivity contribution in [1.29, 1.82) is 0 Å². The largest absolute Gasteiger partial charge is 0.452 e. The van der Waals surface area contributed by atoms with Gasteiger partial charge in [-0.15, -0.1) is 0 Å². The number of aromatic nitrogens is 1. The first-order chi connectivity index (χ1) is 5.54. The molecule has 1 aromatic heterocycles. The van der Waals surface area contributed by atoms with E-state index in [1.807, 2.05) is 0 Å². The van der Waals surface area contributed by atoms with Gasteiger partial charge in [-0.25, -0.2) is 0 Å². The lowest BCUT2D eigenvalue weighted by Crippen LogP contribution is -2.02. The third-order valence-electron chi connectivity index (χ3n) is 1.19. The lowest BCUT2D eigenvalue weighted by atomic mass is 10.3. The van der Waals surface area contributed by atoms with Crippen LogP contribution in [-0.2, 0) is 12.6 Å². The molecule has 0 amide bonds. The van der Waals surface area contributed by atoms with Crippen molar-refractivity contribution in [3.63, 3.8) is 0 Å². The molecule has 0 radical (unpaired) electrons. The van der Waals surface area contributed by atoms with Gasteiger partial charge in [0, 0.05) is 17.8 Å². The highest BCUT2D eigenvalue weighted by Gasteiger charge is 2.35. The van der Waals surface area contributed by atoms with Gasteiger partial charge in [0.25, 0.3) is 0 Å². The van der Waals surface area contributed by atoms with Crippen LogP contribution in [0.15, 0.2) is 10.6 Å². The molecule has 0 aromatic carbocycles. The molecule has 68 valence electrons. The Labute approximate surface area is 74.9 Å². The summed E-state index contributed by atoms with van der Waals surface area (Å²) in [6.07, 6.45) is -4.00. The molecule has 0 unspecified atom stereocenters. The first kappa shape index (κ1) is 9.57. The van der Waals surface area contributed by atoms with Crippen molar-refractivity contribution in [3.05, 3.63) is 17.5 Å². The SMILES string of the molecule is FC(F)(F)c1cc(CCBr)no1. The van der Waals surface area contributed by atoms with E-state index in [4.69, 9.17) is 0 Å². The molecule has 1 heterocycles. The molecule has 0 atom stereocenters. The van der Waals surface area contributed by atoms with Crippen LogP contribution < -0.4 is 0 Å². The molecule has 0 aliphatic heterocycles. The predicted octanol–water partition coefficient (Wildman–Crippen LogP) is 2.63. The van der Waals surface area contributed by atoms with Crippen LogP contribution in [0.4, 0.5) is 13.2 Å². The van der Waals surface area contributed by atoms with Gasteiger partial charge in [0.15, 0.2) is 0 Å². The zero-order valence-corrected chi connectivity index (χ0v) is 7.44. The molecule has 1 rings (SSSR count). The molecule has 0 bridgehead atoms. The van der Waals surface area contributed by atoms with Gasteiger partial charge in [0.05, 0.1) is 5.69 Å². The fourth-order valence-electron chi connectivity index (χ4n) is 0.660. The van der Waals surface area contributed by atoms with Crippen LogP contribution in [0, 0.1) is 0 Å². The average Bonchev–Trinajstić information content (AvgIpc) is 2.35. The van der Waals surface area contributed by atoms with Crippen molar-refractivity contribution in [1.82, 2.24) is 5.16 Å². The number of aryl methyl sites for hydroxylation is 1. The molecule has 0 aliphatic rings. The summed E-state index contributed by atoms with van der Waals surface area (Å²) in [7, 11) is 0. The van der Waals surface area contributed by atoms with Crippen LogP contribution in [0.25, 0.3) is 0 Å². The van der Waals surface area contributed by atoms with Gasteiger partial charge in [-0.1, -0.05) is 21.1 Å². The van der Waals surface area contributed by atoms with Crippen molar-refractivity contribution < 1.29 is 17.7 Å². The molecule has 0 saturated heterocycles. The van der Waals surface area contributed by atoms with E-state index in [-0.39, 0.29) is 0 Å². The summed E-state index contributed by atoms with van der Waals surface area (Å²) in [6, 6.07) is 0.904. The Hall–Kier alpha value is -0.520. The molecule has 0 fully saturated rings. The second-order valence-corrected chi connectivity index (χ2v) is 2.91. The van der Waals surface area contributed by atoms with Crippen LogP contribution in [0.2, 0.25) is 0 Å². The summed E-state index contributed by atoms with van der Waals surface area (Å²) in [5.74, 6) is -1.04. The fourth-order valence-corrected chi connectivity index (χ4v) is 1.07. The topological polar surface area (TPSA) is 26.0 Å². The van der Waals surface area contributed by atoms with Crippen molar-refractivity contribution in [2.24, 2.45) is 0 Å². The summed E-state index contributed by atoms with van der Waals surface area (Å²) in [4.78, 5) is 0. The Morgan fingerprint density at radius 2 is 2.17 bits per heavy atom. The van der Waals surface area contributed by atoms with Gasteiger partial charge in [0.2, 0.25) is 5.76 Å². The zero-order chi connectivity index (χ0) is 9.19. The van der Waals surface area contributed by atoms with Gasteiger partial charge >= 0.3 is 6.18 Å². The first-order valence-electron chi connectivity index (χ1n) is 3.13. The van der Waals surface area contributed by atoms with Gasteiger partial charge in [-0.2, -0.15) is 13.2 Å². The maximum Gasteiger partial charge on any atom is 0.452 e. The van der Waals surface area contributed by atoms with Gasteiger partial charge in [0.1, 0.15) is 0 Å². The first-order valence-corrected chi connectivity index (χ1v) is 4.25. The maximum atomic E-state index is 11.9. The lowest BCUT2D eigenvalue weighted by Gasteiger charge is -1.97. The van der Waals surface area contributed by atoms with E-state index in [1.165, 1.54) is 0 Å². The highest BCUT2D eigenvalue weighted by Crippen LogP contribution is 2.29. The van der Waals surface area contributed by atoms with Crippen molar-refractivity contribution in [3.8, 4) is 0 Å². The molecule has 0 aliphatic carbocycles. The molecule has 0 spiro atoms. The smallest absolute Gasteiger partial charge is 0.351 e. The number of hydrogen-bond donors (Lipinski definition) is 0. The number of nitrogens with zero attached hydrogens (tertiary/aromatic N) is 1. The molecule has 6 heteroatoms. The summed E-state index contributed by atoms with van der Waals surface area (Å²) in [6.45, 7) is 0. The summed E-state index contributed by atoms with van der Waals surface area (Å²) in [5.41, 5.74) is 0.305. The van der Waals surface area contributed by atoms with Crippen molar-refractivity contribution in [2.75, 3.05) is 5.33 Å². The van der Waals surface area contributed by atoms with Crippen LogP contribution >= 0.6 is 15.9 Å². The zero-order valence-electron chi connectivity index (χ0n) is 5.86. The monoisotopic (exact) mass is 243 g/mol. The van der Waals surface area contributed by atoms with Crippen LogP contribution in [-0.4, -0.2) is 10.5 Å². The number of hydrogen-bond acceptors (Lipinski definition) is 2. The minimum Gasteiger partial charge on any atom is -0.351 e. The summed E-state index contributed by atoms with van der Waals surface area (Å²) in [5, 5.41) is 3.81. The molecule has 2 nitrogen and oxygen atoms in total. The van der Waals surface area contributed by atoms with Crippen LogP contribution in [0.5, 0.6) is 0 Å². The Balaban J connectivity index is 2.77. The normalized spacial score (nSPS) is 12.0. The summed E-state index contributed by atoms with van der Waals surface area (Å²) >= 11 is 3.08. The third kappa shape index (κ3) is 2.23. The van der Waals surface area contributed by atoms with E-state index in [2.05, 4.69) is 25.6 Å². The predicted molar refractivity (Wildman–Crippen MR) is 39.0 cm³/mol. The minimum atomic E-state index is -4.43. The number of rotatable bonds is 2. The van der Waals surface area contributed by atoms with Crippen LogP contribution in [0.1, 0.15) is 11.5 Å². The van der Waals surface area contributed by atoms with Gasteiger partial charge in [-0.3, -0.25) is 0 Å². The van der Waals surface area contributed by atoms with E-state index in [1.54, 1.807) is 0 Å². The van der Waals surface area contributed by atoms with Crippen molar-refractivity contribution >= 4 is 15.9 Å². The second kappa shape index (κ2) is 3.47. The molecule has 12 heavy (non-hydrogen) atoms. The molecular weight excluding hydrogens is 239 g/mol. The second-order valence-electron chi connectivity index (χ2n) is 2.12. The number of halogens is 4. The Morgan fingerprint density at radius 3 is 2.58 bits per heavy atom. The highest BCUT2D eigenvalue weighted by molar-refractivity contribution is 9.09. The van der Waals surface area contributed by atoms with E-state index >= 15 is 0 Å². The average molecular weight is 244 g/mol. The fraction of sp³-hybridized carbons (Fsp3) is 0.500. The van der Waals surface area contributed by atoms with E-state index in [0.29, 0.717) is 17.4 Å². The number of alkyl halides is 4. The highest BCUT2D eigenvalue weighted by atomic mass is 79.9.